The van der Waals surface area contributed by atoms with Gasteiger partial charge >= 0.3 is 12.0 Å². The fraction of sp³-hybridized carbons (Fsp3) is 0.538. The molecule has 55 heavy (non-hydrogen) atoms. The van der Waals surface area contributed by atoms with Crippen LogP contribution in [0.3, 0.4) is 0 Å². The van der Waals surface area contributed by atoms with E-state index < -0.39 is 23.5 Å². The standard InChI is InChI=1S/C39H51N11O5/c1-6-47-22-50-35-24-9-10-29-26(16-24)28(34(42-29)27-17-25(48-14-11-40-12-15-48)20-41-33(27)23(2)54-5)19-39(3,4)21-55-37(52)30-8-7-13-49(45-30)36(51)31(43-38(47)53)18-32(44-35)46-50/h9-10,16-17,20,23,30-31,40,42,45H,6-8,11-15,18-19,21-22H2,1-5H3,(H,43,53). The van der Waals surface area contributed by atoms with Crippen LogP contribution >= 0.6 is 0 Å². The van der Waals surface area contributed by atoms with Crippen molar-refractivity contribution < 1.29 is 23.9 Å². The summed E-state index contributed by atoms with van der Waals surface area (Å²) in [6, 6.07) is 6.37. The van der Waals surface area contributed by atoms with Crippen molar-refractivity contribution in [1.82, 2.24) is 50.7 Å². The number of pyridine rings is 1. The maximum Gasteiger partial charge on any atom is 0.324 e. The number of cyclic esters (lactones) is 1. The number of aromatic amines is 1. The Labute approximate surface area is 320 Å². The molecule has 4 N–H and O–H groups in total. The highest BCUT2D eigenvalue weighted by Gasteiger charge is 2.37. The molecule has 3 atom stereocenters. The number of aromatic nitrogens is 5. The molecule has 4 aliphatic rings. The average Bonchev–Trinajstić information content (AvgIpc) is 3.78. The molecule has 4 aliphatic heterocycles. The molecule has 2 saturated heterocycles. The SMILES string of the molecule is CCN1Cn2nc3nc2-c2ccc4[nH]c(-c5cc(N6CCNCC6)cnc5C(C)OC)c(c4c2)CC(C)(C)COC(=O)C2CCCN(N2)C(=O)C(C3)NC1=O. The molecule has 1 aromatic carbocycles. The molecule has 3 aromatic heterocycles. The number of nitrogens with one attached hydrogen (secondary N) is 4. The fourth-order valence-electron chi connectivity index (χ4n) is 8.08. The van der Waals surface area contributed by atoms with E-state index >= 15 is 0 Å². The monoisotopic (exact) mass is 753 g/mol. The number of carbonyl (C=O) groups is 3. The normalized spacial score (nSPS) is 22.6. The molecule has 7 heterocycles. The smallest absolute Gasteiger partial charge is 0.324 e. The highest BCUT2D eigenvalue weighted by molar-refractivity contribution is 5.94. The quantitative estimate of drug-likeness (QED) is 0.221. The number of anilines is 1. The van der Waals surface area contributed by atoms with Crippen molar-refractivity contribution in [2.24, 2.45) is 5.41 Å². The Morgan fingerprint density at radius 3 is 2.69 bits per heavy atom. The number of rotatable bonds is 5. The number of hydrazine groups is 1. The molecule has 3 unspecified atom stereocenters. The van der Waals surface area contributed by atoms with Crippen LogP contribution in [0, 0.1) is 5.41 Å². The summed E-state index contributed by atoms with van der Waals surface area (Å²) in [5.74, 6) is 0.266. The summed E-state index contributed by atoms with van der Waals surface area (Å²) in [7, 11) is 1.69. The molecule has 0 aliphatic carbocycles. The number of ether oxygens (including phenoxy) is 2. The summed E-state index contributed by atoms with van der Waals surface area (Å²) in [6.07, 6.45) is 3.43. The predicted molar refractivity (Wildman–Crippen MR) is 206 cm³/mol. The lowest BCUT2D eigenvalue weighted by Crippen LogP contribution is -2.61. The Balaban J connectivity index is 1.31. The minimum absolute atomic E-state index is 0.0856. The summed E-state index contributed by atoms with van der Waals surface area (Å²) in [5.41, 5.74) is 9.17. The maximum atomic E-state index is 14.0. The van der Waals surface area contributed by atoms with E-state index in [1.807, 2.05) is 26.1 Å². The van der Waals surface area contributed by atoms with Crippen molar-refractivity contribution in [3.8, 4) is 22.6 Å². The van der Waals surface area contributed by atoms with Gasteiger partial charge in [-0.25, -0.2) is 19.9 Å². The van der Waals surface area contributed by atoms with Gasteiger partial charge in [-0.05, 0) is 62.9 Å². The molecule has 4 aromatic rings. The average molecular weight is 754 g/mol. The molecule has 16 heteroatoms. The zero-order valence-corrected chi connectivity index (χ0v) is 32.3. The summed E-state index contributed by atoms with van der Waals surface area (Å²) < 4.78 is 13.7. The van der Waals surface area contributed by atoms with Gasteiger partial charge in [-0.3, -0.25) is 19.6 Å². The molecule has 3 amide bonds. The molecule has 0 radical (unpaired) electrons. The second kappa shape index (κ2) is 14.9. The maximum absolute atomic E-state index is 14.0. The third-order valence-electron chi connectivity index (χ3n) is 11.2. The van der Waals surface area contributed by atoms with Crippen LogP contribution in [0.15, 0.2) is 30.5 Å². The van der Waals surface area contributed by atoms with E-state index in [0.717, 1.165) is 70.8 Å². The van der Waals surface area contributed by atoms with Gasteiger partial charge in [-0.2, -0.15) is 5.10 Å². The summed E-state index contributed by atoms with van der Waals surface area (Å²) in [5, 5.41) is 13.6. The molecule has 0 saturated carbocycles. The molecular weight excluding hydrogens is 703 g/mol. The minimum Gasteiger partial charge on any atom is -0.464 e. The van der Waals surface area contributed by atoms with E-state index in [1.54, 1.807) is 16.7 Å². The molecule has 2 fully saturated rings. The Hall–Kier alpha value is -5.06. The van der Waals surface area contributed by atoms with Gasteiger partial charge in [0.05, 0.1) is 36.0 Å². The predicted octanol–water partition coefficient (Wildman–Crippen LogP) is 3.14. The van der Waals surface area contributed by atoms with E-state index in [9.17, 15) is 14.4 Å². The third-order valence-corrected chi connectivity index (χ3v) is 11.2. The number of H-pyrrole nitrogens is 1. The lowest BCUT2D eigenvalue weighted by atomic mass is 9.84. The summed E-state index contributed by atoms with van der Waals surface area (Å²) >= 11 is 0. The molecule has 292 valence electrons. The third kappa shape index (κ3) is 7.25. The summed E-state index contributed by atoms with van der Waals surface area (Å²) in [4.78, 5) is 58.9. The van der Waals surface area contributed by atoms with Crippen LogP contribution < -0.4 is 21.0 Å². The van der Waals surface area contributed by atoms with Crippen molar-refractivity contribution in [2.45, 2.75) is 78.2 Å². The van der Waals surface area contributed by atoms with Crippen molar-refractivity contribution in [1.29, 1.82) is 0 Å². The van der Waals surface area contributed by atoms with Crippen LogP contribution in [0.4, 0.5) is 10.5 Å². The molecule has 0 spiro atoms. The van der Waals surface area contributed by atoms with Gasteiger partial charge in [0.1, 0.15) is 18.8 Å². The first-order chi connectivity index (χ1) is 26.5. The Kier molecular flexibility index (Phi) is 9.98. The van der Waals surface area contributed by atoms with Gasteiger partial charge in [0.25, 0.3) is 5.91 Å². The van der Waals surface area contributed by atoms with Gasteiger partial charge in [-0.1, -0.05) is 13.8 Å². The fourth-order valence-corrected chi connectivity index (χ4v) is 8.08. The van der Waals surface area contributed by atoms with E-state index in [4.69, 9.17) is 24.5 Å². The number of amides is 3. The van der Waals surface area contributed by atoms with Crippen LogP contribution in [-0.4, -0.2) is 118 Å². The number of fused-ring (bicyclic) bond motifs is 8. The number of urea groups is 1. The van der Waals surface area contributed by atoms with Gasteiger partial charge < -0.3 is 34.9 Å². The second-order valence-corrected chi connectivity index (χ2v) is 15.8. The lowest BCUT2D eigenvalue weighted by Gasteiger charge is -2.35. The number of benzene rings is 1. The first-order valence-electron chi connectivity index (χ1n) is 19.4. The first kappa shape index (κ1) is 36.9. The zero-order valence-electron chi connectivity index (χ0n) is 32.3. The zero-order chi connectivity index (χ0) is 38.4. The van der Waals surface area contributed by atoms with Crippen molar-refractivity contribution in [3.63, 3.8) is 0 Å². The number of esters is 1. The van der Waals surface area contributed by atoms with Crippen LogP contribution in [-0.2, 0) is 38.6 Å². The molecular formula is C39H51N11O5. The first-order valence-corrected chi connectivity index (χ1v) is 19.4. The number of carbonyl (C=O) groups excluding carboxylic acids is 3. The van der Waals surface area contributed by atoms with Crippen molar-refractivity contribution in [3.05, 3.63) is 47.5 Å². The Morgan fingerprint density at radius 2 is 1.91 bits per heavy atom. The highest BCUT2D eigenvalue weighted by atomic mass is 16.5. The Bertz CT molecular complexity index is 2100. The van der Waals surface area contributed by atoms with Gasteiger partial charge in [0.2, 0.25) is 0 Å². The van der Waals surface area contributed by atoms with Gasteiger partial charge in [0.15, 0.2) is 11.6 Å². The van der Waals surface area contributed by atoms with E-state index in [1.165, 1.54) is 5.01 Å². The molecule has 8 bridgehead atoms. The number of hydrogen-bond donors (Lipinski definition) is 4. The van der Waals surface area contributed by atoms with Crippen molar-refractivity contribution >= 4 is 34.5 Å². The largest absolute Gasteiger partial charge is 0.464 e. The number of nitrogens with zero attached hydrogens (tertiary/aromatic N) is 7. The van der Waals surface area contributed by atoms with Crippen molar-refractivity contribution in [2.75, 3.05) is 57.9 Å². The van der Waals surface area contributed by atoms with E-state index in [-0.39, 0.29) is 37.7 Å². The van der Waals surface area contributed by atoms with E-state index in [0.29, 0.717) is 44.0 Å². The van der Waals surface area contributed by atoms with Gasteiger partial charge in [0, 0.05) is 80.2 Å². The number of hydrogen-bond acceptors (Lipinski definition) is 11. The minimum atomic E-state index is -0.945. The van der Waals surface area contributed by atoms with Crippen LogP contribution in [0.2, 0.25) is 0 Å². The Morgan fingerprint density at radius 1 is 1.09 bits per heavy atom. The highest BCUT2D eigenvalue weighted by Crippen LogP contribution is 2.41. The molecule has 8 rings (SSSR count). The number of methoxy groups -OCH3 is 1. The lowest BCUT2D eigenvalue weighted by molar-refractivity contribution is -0.155. The summed E-state index contributed by atoms with van der Waals surface area (Å²) in [6.45, 7) is 12.7. The topological polar surface area (TPSA) is 175 Å². The van der Waals surface area contributed by atoms with Gasteiger partial charge in [-0.15, -0.1) is 0 Å². The van der Waals surface area contributed by atoms with Crippen LogP contribution in [0.1, 0.15) is 63.7 Å². The second-order valence-electron chi connectivity index (χ2n) is 15.8. The molecule has 16 nitrogen and oxygen atoms in total. The number of piperazine rings is 1. The van der Waals surface area contributed by atoms with Crippen LogP contribution in [0.25, 0.3) is 33.5 Å². The van der Waals surface area contributed by atoms with E-state index in [2.05, 4.69) is 58.0 Å². The van der Waals surface area contributed by atoms with Crippen LogP contribution in [0.5, 0.6) is 0 Å².